The molecule has 0 saturated carbocycles. The highest BCUT2D eigenvalue weighted by atomic mass is 35.5. The van der Waals surface area contributed by atoms with Gasteiger partial charge in [0.2, 0.25) is 0 Å². The van der Waals surface area contributed by atoms with Gasteiger partial charge in [-0.2, -0.15) is 0 Å². The molecule has 0 spiro atoms. The molecule has 1 aliphatic rings. The first-order chi connectivity index (χ1) is 14.6. The lowest BCUT2D eigenvalue weighted by atomic mass is 10.0. The molecule has 1 amide bonds. The largest absolute Gasteiger partial charge is 0.497 e. The number of aryl methyl sites for hydroxylation is 1. The second-order valence-electron chi connectivity index (χ2n) is 7.32. The molecule has 3 aromatic rings. The van der Waals surface area contributed by atoms with Crippen molar-refractivity contribution in [2.24, 2.45) is 0 Å². The van der Waals surface area contributed by atoms with Crippen LogP contribution in [0.25, 0.3) is 11.0 Å². The summed E-state index contributed by atoms with van der Waals surface area (Å²) in [6.07, 6.45) is 0. The minimum Gasteiger partial charge on any atom is -0.497 e. The van der Waals surface area contributed by atoms with Crippen molar-refractivity contribution in [3.63, 3.8) is 0 Å². The molecular formula is C23H25ClN2O4. The van der Waals surface area contributed by atoms with E-state index in [9.17, 15) is 4.79 Å². The van der Waals surface area contributed by atoms with Crippen LogP contribution in [-0.4, -0.2) is 50.8 Å². The number of benzene rings is 2. The van der Waals surface area contributed by atoms with Crippen molar-refractivity contribution in [1.82, 2.24) is 10.2 Å². The third kappa shape index (κ3) is 4.17. The molecule has 0 radical (unpaired) electrons. The van der Waals surface area contributed by atoms with Crippen LogP contribution in [0.1, 0.15) is 27.7 Å². The molecular weight excluding hydrogens is 404 g/mol. The van der Waals surface area contributed by atoms with Gasteiger partial charge in [-0.15, -0.1) is 0 Å². The Bertz CT molecular complexity index is 1030. The van der Waals surface area contributed by atoms with Gasteiger partial charge >= 0.3 is 0 Å². The number of ether oxygens (including phenoxy) is 2. The number of fused-ring (bicyclic) bond motifs is 1. The van der Waals surface area contributed by atoms with Crippen LogP contribution in [0.3, 0.4) is 0 Å². The van der Waals surface area contributed by atoms with Crippen molar-refractivity contribution in [3.8, 4) is 5.75 Å². The lowest BCUT2D eigenvalue weighted by molar-refractivity contribution is 0.0161. The van der Waals surface area contributed by atoms with Gasteiger partial charge in [-0.05, 0) is 30.7 Å². The average Bonchev–Trinajstić information content (AvgIpc) is 3.13. The molecule has 2 aromatic carbocycles. The molecule has 158 valence electrons. The van der Waals surface area contributed by atoms with Crippen molar-refractivity contribution in [2.75, 3.05) is 40.0 Å². The van der Waals surface area contributed by atoms with E-state index in [0.29, 0.717) is 36.1 Å². The molecule has 6 nitrogen and oxygen atoms in total. The van der Waals surface area contributed by atoms with Crippen LogP contribution in [0.15, 0.2) is 46.9 Å². The topological polar surface area (TPSA) is 63.9 Å². The number of carbonyl (C=O) groups excluding carboxylic acids is 1. The predicted octanol–water partition coefficient (Wildman–Crippen LogP) is 4.21. The molecule has 1 N–H and O–H groups in total. The quantitative estimate of drug-likeness (QED) is 0.637. The van der Waals surface area contributed by atoms with E-state index in [1.165, 1.54) is 0 Å². The number of nitrogens with one attached hydrogen (secondary N) is 1. The lowest BCUT2D eigenvalue weighted by Crippen LogP contribution is -2.43. The number of para-hydroxylation sites is 1. The van der Waals surface area contributed by atoms with Crippen molar-refractivity contribution in [1.29, 1.82) is 0 Å². The Morgan fingerprint density at radius 3 is 2.60 bits per heavy atom. The maximum Gasteiger partial charge on any atom is 0.287 e. The molecule has 1 unspecified atom stereocenters. The fraction of sp³-hybridized carbons (Fsp3) is 0.348. The van der Waals surface area contributed by atoms with E-state index in [-0.39, 0.29) is 11.9 Å². The second kappa shape index (κ2) is 9.08. The van der Waals surface area contributed by atoms with E-state index in [4.69, 9.17) is 25.5 Å². The highest BCUT2D eigenvalue weighted by molar-refractivity contribution is 6.35. The van der Waals surface area contributed by atoms with Crippen molar-refractivity contribution in [3.05, 3.63) is 64.4 Å². The number of furan rings is 1. The Labute approximate surface area is 180 Å². The number of carbonyl (C=O) groups is 1. The zero-order valence-electron chi connectivity index (χ0n) is 17.1. The number of amides is 1. The Morgan fingerprint density at radius 2 is 1.93 bits per heavy atom. The van der Waals surface area contributed by atoms with Crippen LogP contribution in [0.5, 0.6) is 5.75 Å². The van der Waals surface area contributed by atoms with Crippen LogP contribution in [0.4, 0.5) is 0 Å². The number of morpholine rings is 1. The molecule has 2 heterocycles. The SMILES string of the molecule is COc1ccc(C(CNC(=O)c2oc3c(Cl)cccc3c2C)N2CCOCC2)cc1. The second-order valence-corrected chi connectivity index (χ2v) is 7.73. The van der Waals surface area contributed by atoms with Crippen molar-refractivity contribution < 1.29 is 18.7 Å². The summed E-state index contributed by atoms with van der Waals surface area (Å²) in [5.41, 5.74) is 2.45. The van der Waals surface area contributed by atoms with E-state index >= 15 is 0 Å². The Balaban J connectivity index is 1.55. The number of hydrogen-bond acceptors (Lipinski definition) is 5. The summed E-state index contributed by atoms with van der Waals surface area (Å²) in [6, 6.07) is 13.5. The van der Waals surface area contributed by atoms with Crippen LogP contribution in [-0.2, 0) is 4.74 Å². The summed E-state index contributed by atoms with van der Waals surface area (Å²) in [4.78, 5) is 15.3. The molecule has 30 heavy (non-hydrogen) atoms. The highest BCUT2D eigenvalue weighted by Crippen LogP contribution is 2.31. The first kappa shape index (κ1) is 20.7. The van der Waals surface area contributed by atoms with E-state index in [1.807, 2.05) is 43.3 Å². The van der Waals surface area contributed by atoms with Gasteiger partial charge in [0.25, 0.3) is 5.91 Å². The highest BCUT2D eigenvalue weighted by Gasteiger charge is 2.25. The van der Waals surface area contributed by atoms with Crippen LogP contribution in [0, 0.1) is 6.92 Å². The number of hydrogen-bond donors (Lipinski definition) is 1. The minimum atomic E-state index is -0.244. The molecule has 0 aliphatic carbocycles. The van der Waals surface area contributed by atoms with Gasteiger partial charge in [0, 0.05) is 30.6 Å². The van der Waals surface area contributed by atoms with Crippen LogP contribution >= 0.6 is 11.6 Å². The van der Waals surface area contributed by atoms with E-state index in [2.05, 4.69) is 10.2 Å². The lowest BCUT2D eigenvalue weighted by Gasteiger charge is -2.35. The van der Waals surface area contributed by atoms with Gasteiger partial charge in [0.1, 0.15) is 5.75 Å². The van der Waals surface area contributed by atoms with Crippen molar-refractivity contribution in [2.45, 2.75) is 13.0 Å². The smallest absolute Gasteiger partial charge is 0.287 e. The zero-order valence-corrected chi connectivity index (χ0v) is 17.9. The molecule has 4 rings (SSSR count). The molecule has 1 atom stereocenters. The van der Waals surface area contributed by atoms with Crippen molar-refractivity contribution >= 4 is 28.5 Å². The van der Waals surface area contributed by atoms with Gasteiger partial charge in [0.15, 0.2) is 11.3 Å². The Morgan fingerprint density at radius 1 is 1.20 bits per heavy atom. The van der Waals surface area contributed by atoms with E-state index in [0.717, 1.165) is 35.4 Å². The van der Waals surface area contributed by atoms with Gasteiger partial charge in [-0.1, -0.05) is 35.9 Å². The number of nitrogens with zero attached hydrogens (tertiary/aromatic N) is 1. The van der Waals surface area contributed by atoms with Gasteiger partial charge in [-0.3, -0.25) is 9.69 Å². The standard InChI is InChI=1S/C23H25ClN2O4/c1-15-18-4-3-5-19(24)22(18)30-21(15)23(27)25-14-20(26-10-12-29-13-11-26)16-6-8-17(28-2)9-7-16/h3-9,20H,10-14H2,1-2H3,(H,25,27). The average molecular weight is 429 g/mol. The van der Waals surface area contributed by atoms with Crippen LogP contribution < -0.4 is 10.1 Å². The maximum atomic E-state index is 13.0. The first-order valence-corrected chi connectivity index (χ1v) is 10.4. The number of halogens is 1. The zero-order chi connectivity index (χ0) is 21.1. The molecule has 1 saturated heterocycles. The maximum absolute atomic E-state index is 13.0. The van der Waals surface area contributed by atoms with Gasteiger partial charge in [0.05, 0.1) is 31.4 Å². The third-order valence-corrected chi connectivity index (χ3v) is 5.86. The monoisotopic (exact) mass is 428 g/mol. The summed E-state index contributed by atoms with van der Waals surface area (Å²) in [6.45, 7) is 5.32. The summed E-state index contributed by atoms with van der Waals surface area (Å²) in [7, 11) is 1.65. The summed E-state index contributed by atoms with van der Waals surface area (Å²) in [5.74, 6) is 0.860. The van der Waals surface area contributed by atoms with Crippen LogP contribution in [0.2, 0.25) is 5.02 Å². The molecule has 7 heteroatoms. The number of methoxy groups -OCH3 is 1. The fourth-order valence-electron chi connectivity index (χ4n) is 3.87. The first-order valence-electron chi connectivity index (χ1n) is 10.00. The molecule has 1 aromatic heterocycles. The Hall–Kier alpha value is -2.54. The van der Waals surface area contributed by atoms with E-state index < -0.39 is 0 Å². The third-order valence-electron chi connectivity index (χ3n) is 5.56. The van der Waals surface area contributed by atoms with E-state index in [1.54, 1.807) is 13.2 Å². The normalized spacial score (nSPS) is 15.8. The summed E-state index contributed by atoms with van der Waals surface area (Å²) < 4.78 is 16.6. The fourth-order valence-corrected chi connectivity index (χ4v) is 4.08. The minimum absolute atomic E-state index is 0.0250. The molecule has 1 fully saturated rings. The summed E-state index contributed by atoms with van der Waals surface area (Å²) >= 11 is 6.23. The molecule has 1 aliphatic heterocycles. The Kier molecular flexibility index (Phi) is 6.27. The van der Waals surface area contributed by atoms with Gasteiger partial charge in [-0.25, -0.2) is 0 Å². The van der Waals surface area contributed by atoms with Gasteiger partial charge < -0.3 is 19.2 Å². The summed E-state index contributed by atoms with van der Waals surface area (Å²) in [5, 5.41) is 4.41. The molecule has 0 bridgehead atoms. The predicted molar refractivity (Wildman–Crippen MR) is 116 cm³/mol. The number of rotatable bonds is 6.